The van der Waals surface area contributed by atoms with Crippen LogP contribution in [0.5, 0.6) is 17.2 Å². The van der Waals surface area contributed by atoms with Crippen LogP contribution in [0, 0.1) is 0 Å². The molecule has 2 aromatic rings. The number of carbonyl (C=O) groups excluding carboxylic acids is 2. The fourth-order valence-corrected chi connectivity index (χ4v) is 4.60. The molecule has 0 bridgehead atoms. The van der Waals surface area contributed by atoms with Gasteiger partial charge >= 0.3 is 0 Å². The van der Waals surface area contributed by atoms with Gasteiger partial charge in [-0.1, -0.05) is 25.3 Å². The van der Waals surface area contributed by atoms with Gasteiger partial charge in [-0.15, -0.1) is 0 Å². The van der Waals surface area contributed by atoms with E-state index >= 15 is 0 Å². The van der Waals surface area contributed by atoms with E-state index in [1.807, 2.05) is 42.2 Å². The van der Waals surface area contributed by atoms with E-state index in [1.54, 1.807) is 6.07 Å². The molecule has 0 unspecified atom stereocenters. The maximum atomic E-state index is 13.6. The van der Waals surface area contributed by atoms with Crippen molar-refractivity contribution in [1.82, 2.24) is 4.90 Å². The molecule has 0 aliphatic heterocycles. The first kappa shape index (κ1) is 24.9. The largest absolute Gasteiger partial charge is 0.493 e. The molecule has 0 spiro atoms. The number of methoxy groups -OCH3 is 1. The highest BCUT2D eigenvalue weighted by Gasteiger charge is 2.27. The van der Waals surface area contributed by atoms with Crippen LogP contribution >= 0.6 is 15.9 Å². The van der Waals surface area contributed by atoms with E-state index in [9.17, 15) is 9.59 Å². The summed E-state index contributed by atoms with van der Waals surface area (Å²) >= 11 is 3.52. The minimum absolute atomic E-state index is 0.0151. The standard InChI is InChI=1S/C25H31BrN2O5/c1-3-32-21-12-10-18(14-20(21)26)25(30)28(19-7-5-4-6-8-19)15-17-9-11-22(23(13-17)31-2)33-16-24(27)29/h9-14,19H,3-8,15-16H2,1-2H3,(H2,27,29). The zero-order chi connectivity index (χ0) is 23.8. The summed E-state index contributed by atoms with van der Waals surface area (Å²) < 4.78 is 17.2. The Bertz CT molecular complexity index is 975. The summed E-state index contributed by atoms with van der Waals surface area (Å²) in [4.78, 5) is 26.6. The van der Waals surface area contributed by atoms with Crippen LogP contribution in [0.1, 0.15) is 54.9 Å². The zero-order valence-corrected chi connectivity index (χ0v) is 20.7. The molecule has 2 amide bonds. The third-order valence-electron chi connectivity index (χ3n) is 5.71. The average molecular weight is 519 g/mol. The molecular formula is C25H31BrN2O5. The van der Waals surface area contributed by atoms with Crippen molar-refractivity contribution >= 4 is 27.7 Å². The van der Waals surface area contributed by atoms with Gasteiger partial charge in [-0.25, -0.2) is 0 Å². The number of halogens is 1. The summed E-state index contributed by atoms with van der Waals surface area (Å²) in [5, 5.41) is 0. The van der Waals surface area contributed by atoms with Crippen molar-refractivity contribution in [2.45, 2.75) is 51.6 Å². The van der Waals surface area contributed by atoms with Crippen molar-refractivity contribution in [3.05, 3.63) is 52.0 Å². The second kappa shape index (κ2) is 11.9. The van der Waals surface area contributed by atoms with E-state index in [0.717, 1.165) is 41.5 Å². The molecule has 178 valence electrons. The average Bonchev–Trinajstić information content (AvgIpc) is 2.83. The Balaban J connectivity index is 1.86. The molecule has 0 saturated heterocycles. The predicted octanol–water partition coefficient (Wildman–Crippen LogP) is 4.70. The zero-order valence-electron chi connectivity index (χ0n) is 19.1. The first-order valence-corrected chi connectivity index (χ1v) is 12.0. The number of nitrogens with two attached hydrogens (primary N) is 1. The van der Waals surface area contributed by atoms with Crippen LogP contribution in [0.3, 0.4) is 0 Å². The van der Waals surface area contributed by atoms with Crippen LogP contribution in [-0.4, -0.2) is 43.1 Å². The molecule has 7 nitrogen and oxygen atoms in total. The summed E-state index contributed by atoms with van der Waals surface area (Å²) in [6.07, 6.45) is 5.41. The molecule has 0 aromatic heterocycles. The lowest BCUT2D eigenvalue weighted by Crippen LogP contribution is -2.41. The summed E-state index contributed by atoms with van der Waals surface area (Å²) in [5.74, 6) is 1.07. The molecule has 2 N–H and O–H groups in total. The van der Waals surface area contributed by atoms with E-state index in [1.165, 1.54) is 13.5 Å². The topological polar surface area (TPSA) is 91.1 Å². The van der Waals surface area contributed by atoms with Gasteiger partial charge in [-0.2, -0.15) is 0 Å². The maximum absolute atomic E-state index is 13.6. The molecule has 33 heavy (non-hydrogen) atoms. The minimum Gasteiger partial charge on any atom is -0.493 e. The molecule has 1 aliphatic rings. The van der Waals surface area contributed by atoms with Crippen LogP contribution in [0.4, 0.5) is 0 Å². The SMILES string of the molecule is CCOc1ccc(C(=O)N(Cc2ccc(OCC(N)=O)c(OC)c2)C2CCCCC2)cc1Br. The quantitative estimate of drug-likeness (QED) is 0.492. The van der Waals surface area contributed by atoms with Crippen LogP contribution < -0.4 is 19.9 Å². The lowest BCUT2D eigenvalue weighted by molar-refractivity contribution is -0.119. The molecule has 1 saturated carbocycles. The van der Waals surface area contributed by atoms with Gasteiger partial charge < -0.3 is 24.8 Å². The molecule has 1 fully saturated rings. The Morgan fingerprint density at radius 1 is 1.03 bits per heavy atom. The van der Waals surface area contributed by atoms with Gasteiger partial charge in [-0.3, -0.25) is 9.59 Å². The van der Waals surface area contributed by atoms with E-state index < -0.39 is 5.91 Å². The monoisotopic (exact) mass is 518 g/mol. The number of amides is 2. The summed E-state index contributed by atoms with van der Waals surface area (Å²) in [7, 11) is 1.54. The Morgan fingerprint density at radius 2 is 1.76 bits per heavy atom. The van der Waals surface area contributed by atoms with E-state index in [0.29, 0.717) is 30.2 Å². The van der Waals surface area contributed by atoms with E-state index in [-0.39, 0.29) is 18.6 Å². The molecule has 1 aliphatic carbocycles. The fraction of sp³-hybridized carbons (Fsp3) is 0.440. The van der Waals surface area contributed by atoms with Gasteiger partial charge in [0, 0.05) is 18.2 Å². The van der Waals surface area contributed by atoms with Crippen LogP contribution in [0.2, 0.25) is 0 Å². The summed E-state index contributed by atoms with van der Waals surface area (Å²) in [6, 6.07) is 11.1. The maximum Gasteiger partial charge on any atom is 0.255 e. The van der Waals surface area contributed by atoms with Gasteiger partial charge in [0.1, 0.15) is 5.75 Å². The lowest BCUT2D eigenvalue weighted by atomic mass is 9.93. The highest BCUT2D eigenvalue weighted by atomic mass is 79.9. The van der Waals surface area contributed by atoms with Gasteiger partial charge in [0.25, 0.3) is 11.8 Å². The predicted molar refractivity (Wildman–Crippen MR) is 130 cm³/mol. The van der Waals surface area contributed by atoms with Crippen LogP contribution in [0.25, 0.3) is 0 Å². The van der Waals surface area contributed by atoms with Crippen molar-refractivity contribution in [1.29, 1.82) is 0 Å². The Labute approximate surface area is 203 Å². The Morgan fingerprint density at radius 3 is 2.39 bits per heavy atom. The third-order valence-corrected chi connectivity index (χ3v) is 6.33. The number of hydrogen-bond donors (Lipinski definition) is 1. The second-order valence-corrected chi connectivity index (χ2v) is 8.90. The van der Waals surface area contributed by atoms with Crippen molar-refractivity contribution < 1.29 is 23.8 Å². The smallest absolute Gasteiger partial charge is 0.255 e. The summed E-state index contributed by atoms with van der Waals surface area (Å²) in [5.41, 5.74) is 6.71. The van der Waals surface area contributed by atoms with Crippen molar-refractivity contribution in [3.63, 3.8) is 0 Å². The Kier molecular flexibility index (Phi) is 9.00. The highest BCUT2D eigenvalue weighted by molar-refractivity contribution is 9.10. The second-order valence-electron chi connectivity index (χ2n) is 8.04. The van der Waals surface area contributed by atoms with E-state index in [4.69, 9.17) is 19.9 Å². The number of ether oxygens (including phenoxy) is 3. The summed E-state index contributed by atoms with van der Waals surface area (Å²) in [6.45, 7) is 2.70. The van der Waals surface area contributed by atoms with Gasteiger partial charge in [0.05, 0.1) is 18.2 Å². The molecule has 0 radical (unpaired) electrons. The number of rotatable bonds is 10. The van der Waals surface area contributed by atoms with Crippen LogP contribution in [-0.2, 0) is 11.3 Å². The lowest BCUT2D eigenvalue weighted by Gasteiger charge is -2.35. The molecule has 0 heterocycles. The van der Waals surface area contributed by atoms with Crippen molar-refractivity contribution in [2.75, 3.05) is 20.3 Å². The first-order valence-electron chi connectivity index (χ1n) is 11.2. The third kappa shape index (κ3) is 6.63. The molecular weight excluding hydrogens is 488 g/mol. The number of nitrogens with zero attached hydrogens (tertiary/aromatic N) is 1. The van der Waals surface area contributed by atoms with Gasteiger partial charge in [-0.05, 0) is 71.6 Å². The van der Waals surface area contributed by atoms with Crippen molar-refractivity contribution in [2.24, 2.45) is 5.73 Å². The minimum atomic E-state index is -0.559. The number of benzene rings is 2. The molecule has 3 rings (SSSR count). The van der Waals surface area contributed by atoms with Gasteiger partial charge in [0.2, 0.25) is 0 Å². The fourth-order valence-electron chi connectivity index (χ4n) is 4.11. The number of carbonyl (C=O) groups is 2. The highest BCUT2D eigenvalue weighted by Crippen LogP contribution is 2.32. The first-order chi connectivity index (χ1) is 15.9. The molecule has 2 aromatic carbocycles. The van der Waals surface area contributed by atoms with E-state index in [2.05, 4.69) is 15.9 Å². The van der Waals surface area contributed by atoms with Crippen LogP contribution in [0.15, 0.2) is 40.9 Å². The normalized spacial score (nSPS) is 13.9. The number of hydrogen-bond acceptors (Lipinski definition) is 5. The van der Waals surface area contributed by atoms with Crippen molar-refractivity contribution in [3.8, 4) is 17.2 Å². The molecule has 0 atom stereocenters. The molecule has 8 heteroatoms. The van der Waals surface area contributed by atoms with Gasteiger partial charge in [0.15, 0.2) is 18.1 Å². The number of primary amides is 1. The Hall–Kier alpha value is -2.74.